The summed E-state index contributed by atoms with van der Waals surface area (Å²) in [4.78, 5) is 29.3. The van der Waals surface area contributed by atoms with Crippen molar-refractivity contribution in [1.82, 2.24) is 29.2 Å². The first-order valence-electron chi connectivity index (χ1n) is 11.1. The predicted octanol–water partition coefficient (Wildman–Crippen LogP) is 2.49. The molecule has 0 bridgehead atoms. The van der Waals surface area contributed by atoms with Crippen LogP contribution in [0.25, 0.3) is 11.0 Å². The lowest BCUT2D eigenvalue weighted by atomic mass is 10.1. The smallest absolute Gasteiger partial charge is 0.346 e. The maximum Gasteiger partial charge on any atom is 0.346 e. The van der Waals surface area contributed by atoms with Crippen molar-refractivity contribution in [3.05, 3.63) is 82.3 Å². The third-order valence-electron chi connectivity index (χ3n) is 5.97. The number of fused-ring (bicyclic) bond motifs is 2. The minimum absolute atomic E-state index is 0.0510. The van der Waals surface area contributed by atoms with Crippen molar-refractivity contribution in [3.63, 3.8) is 0 Å². The predicted molar refractivity (Wildman–Crippen MR) is 121 cm³/mol. The number of benzene rings is 2. The molecule has 0 unspecified atom stereocenters. The number of nitrogens with zero attached hydrogens (tertiary/aromatic N) is 5. The van der Waals surface area contributed by atoms with Crippen molar-refractivity contribution in [3.8, 4) is 0 Å². The molecule has 8 nitrogen and oxygen atoms in total. The van der Waals surface area contributed by atoms with Crippen LogP contribution in [0.4, 0.5) is 0 Å². The molecule has 2 aromatic heterocycles. The maximum atomic E-state index is 12.5. The highest BCUT2D eigenvalue weighted by Gasteiger charge is 2.17. The average Bonchev–Trinajstić information content (AvgIpc) is 3.24. The molecule has 2 aromatic carbocycles. The molecule has 1 aliphatic rings. The van der Waals surface area contributed by atoms with Gasteiger partial charge in [0.25, 0.3) is 0 Å². The van der Waals surface area contributed by atoms with Gasteiger partial charge >= 0.3 is 5.69 Å². The van der Waals surface area contributed by atoms with Crippen LogP contribution in [-0.4, -0.2) is 29.8 Å². The van der Waals surface area contributed by atoms with E-state index in [4.69, 9.17) is 0 Å². The Morgan fingerprint density at radius 3 is 2.69 bits per heavy atom. The van der Waals surface area contributed by atoms with Crippen molar-refractivity contribution in [2.24, 2.45) is 0 Å². The summed E-state index contributed by atoms with van der Waals surface area (Å²) in [7, 11) is 0. The zero-order valence-electron chi connectivity index (χ0n) is 17.9. The second-order valence-electron chi connectivity index (χ2n) is 8.27. The lowest BCUT2D eigenvalue weighted by Gasteiger charge is -2.08. The summed E-state index contributed by atoms with van der Waals surface area (Å²) >= 11 is 0. The van der Waals surface area contributed by atoms with Crippen LogP contribution in [0.5, 0.6) is 0 Å². The molecule has 0 aliphatic carbocycles. The first kappa shape index (κ1) is 20.2. The fourth-order valence-corrected chi connectivity index (χ4v) is 4.22. The number of hydrogen-bond donors (Lipinski definition) is 1. The SMILES string of the molecule is O=C(Cn1nc2n(c1=O)CCCCC2)NCc1ccc(Cn2cnc3ccccc32)cc1. The highest BCUT2D eigenvalue weighted by Crippen LogP contribution is 2.15. The van der Waals surface area contributed by atoms with Gasteiger partial charge in [-0.25, -0.2) is 14.5 Å². The van der Waals surface area contributed by atoms with Crippen molar-refractivity contribution in [2.75, 3.05) is 0 Å². The van der Waals surface area contributed by atoms with Gasteiger partial charge < -0.3 is 9.88 Å². The molecular weight excluding hydrogens is 404 g/mol. The van der Waals surface area contributed by atoms with E-state index in [-0.39, 0.29) is 18.1 Å². The van der Waals surface area contributed by atoms with E-state index < -0.39 is 0 Å². The van der Waals surface area contributed by atoms with Crippen LogP contribution in [0, 0.1) is 0 Å². The van der Waals surface area contributed by atoms with E-state index in [0.29, 0.717) is 13.1 Å². The molecule has 1 aliphatic heterocycles. The van der Waals surface area contributed by atoms with E-state index in [0.717, 1.165) is 60.2 Å². The zero-order chi connectivity index (χ0) is 21.9. The highest BCUT2D eigenvalue weighted by molar-refractivity contribution is 5.75. The summed E-state index contributed by atoms with van der Waals surface area (Å²) in [5.41, 5.74) is 4.07. The highest BCUT2D eigenvalue weighted by atomic mass is 16.2. The standard InChI is InChI=1S/C24H26N6O2/c31-23(16-30-24(32)29-13-5-1-2-8-22(29)27-30)25-14-18-9-11-19(12-10-18)15-28-17-26-20-6-3-4-7-21(20)28/h3-4,6-7,9-12,17H,1-2,5,8,13-16H2,(H,25,31). The molecule has 32 heavy (non-hydrogen) atoms. The van der Waals surface area contributed by atoms with Gasteiger partial charge in [-0.3, -0.25) is 9.36 Å². The molecule has 4 aromatic rings. The lowest BCUT2D eigenvalue weighted by Crippen LogP contribution is -2.33. The molecule has 0 radical (unpaired) electrons. The lowest BCUT2D eigenvalue weighted by molar-refractivity contribution is -0.122. The fraction of sp³-hybridized carbons (Fsp3) is 0.333. The van der Waals surface area contributed by atoms with Crippen LogP contribution in [0.15, 0.2) is 59.7 Å². The molecule has 8 heteroatoms. The van der Waals surface area contributed by atoms with Crippen LogP contribution < -0.4 is 11.0 Å². The summed E-state index contributed by atoms with van der Waals surface area (Å²) < 4.78 is 5.12. The Morgan fingerprint density at radius 2 is 1.81 bits per heavy atom. The Balaban J connectivity index is 1.18. The molecule has 5 rings (SSSR count). The number of amides is 1. The van der Waals surface area contributed by atoms with Crippen molar-refractivity contribution < 1.29 is 4.79 Å². The van der Waals surface area contributed by atoms with Gasteiger partial charge in [0.2, 0.25) is 5.91 Å². The van der Waals surface area contributed by atoms with E-state index in [9.17, 15) is 9.59 Å². The number of aromatic nitrogens is 5. The van der Waals surface area contributed by atoms with Crippen LogP contribution >= 0.6 is 0 Å². The van der Waals surface area contributed by atoms with E-state index in [2.05, 4.69) is 38.2 Å². The number of aryl methyl sites for hydroxylation is 1. The topological polar surface area (TPSA) is 86.7 Å². The minimum atomic E-state index is -0.214. The Bertz CT molecular complexity index is 1300. The van der Waals surface area contributed by atoms with E-state index >= 15 is 0 Å². The van der Waals surface area contributed by atoms with Crippen LogP contribution in [-0.2, 0) is 37.4 Å². The van der Waals surface area contributed by atoms with Crippen LogP contribution in [0.2, 0.25) is 0 Å². The zero-order valence-corrected chi connectivity index (χ0v) is 17.9. The maximum absolute atomic E-state index is 12.5. The van der Waals surface area contributed by atoms with Gasteiger partial charge in [0.05, 0.1) is 17.4 Å². The second-order valence-corrected chi connectivity index (χ2v) is 8.27. The fourth-order valence-electron chi connectivity index (χ4n) is 4.22. The average molecular weight is 431 g/mol. The number of rotatable bonds is 6. The van der Waals surface area contributed by atoms with E-state index in [1.54, 1.807) is 4.57 Å². The monoisotopic (exact) mass is 430 g/mol. The summed E-state index contributed by atoms with van der Waals surface area (Å²) in [5.74, 6) is 0.580. The summed E-state index contributed by atoms with van der Waals surface area (Å²) in [5, 5.41) is 7.27. The van der Waals surface area contributed by atoms with Gasteiger partial charge in [-0.05, 0) is 36.1 Å². The molecule has 3 heterocycles. The Morgan fingerprint density at radius 1 is 1.00 bits per heavy atom. The molecule has 164 valence electrons. The normalized spacial score (nSPS) is 13.6. The summed E-state index contributed by atoms with van der Waals surface area (Å²) in [6.07, 6.45) is 5.79. The summed E-state index contributed by atoms with van der Waals surface area (Å²) in [6, 6.07) is 16.2. The first-order chi connectivity index (χ1) is 15.7. The van der Waals surface area contributed by atoms with Crippen molar-refractivity contribution in [2.45, 2.75) is 51.9 Å². The third-order valence-corrected chi connectivity index (χ3v) is 5.97. The largest absolute Gasteiger partial charge is 0.350 e. The van der Waals surface area contributed by atoms with Gasteiger partial charge in [0, 0.05) is 26.1 Å². The van der Waals surface area contributed by atoms with E-state index in [1.165, 1.54) is 4.68 Å². The van der Waals surface area contributed by atoms with Gasteiger partial charge in [0.1, 0.15) is 12.4 Å². The minimum Gasteiger partial charge on any atom is -0.350 e. The number of imidazole rings is 1. The Kier molecular flexibility index (Phi) is 5.58. The van der Waals surface area contributed by atoms with Crippen LogP contribution in [0.1, 0.15) is 36.2 Å². The molecule has 1 amide bonds. The Labute approximate surface area is 185 Å². The molecule has 0 saturated carbocycles. The van der Waals surface area contributed by atoms with Crippen molar-refractivity contribution in [1.29, 1.82) is 0 Å². The first-order valence-corrected chi connectivity index (χ1v) is 11.1. The van der Waals surface area contributed by atoms with Gasteiger partial charge in [-0.15, -0.1) is 0 Å². The van der Waals surface area contributed by atoms with Gasteiger partial charge in [0.15, 0.2) is 0 Å². The number of nitrogens with one attached hydrogen (secondary N) is 1. The molecule has 0 fully saturated rings. The van der Waals surface area contributed by atoms with Crippen molar-refractivity contribution >= 4 is 16.9 Å². The van der Waals surface area contributed by atoms with Crippen LogP contribution in [0.3, 0.4) is 0 Å². The van der Waals surface area contributed by atoms with E-state index in [1.807, 2.05) is 36.7 Å². The second kappa shape index (κ2) is 8.82. The molecule has 0 atom stereocenters. The van der Waals surface area contributed by atoms with Gasteiger partial charge in [-0.1, -0.05) is 42.8 Å². The molecule has 0 saturated heterocycles. The molecule has 1 N–H and O–H groups in total. The summed E-state index contributed by atoms with van der Waals surface area (Å²) in [6.45, 7) is 1.79. The third kappa shape index (κ3) is 4.21. The molecular formula is C24H26N6O2. The number of carbonyl (C=O) groups excluding carboxylic acids is 1. The number of para-hydroxylation sites is 2. The quantitative estimate of drug-likeness (QED) is 0.509. The number of hydrogen-bond acceptors (Lipinski definition) is 4. The van der Waals surface area contributed by atoms with Gasteiger partial charge in [-0.2, -0.15) is 5.10 Å². The Hall–Kier alpha value is -3.68. The number of carbonyl (C=O) groups is 1. The molecule has 0 spiro atoms.